The van der Waals surface area contributed by atoms with Gasteiger partial charge in [0.25, 0.3) is 5.91 Å². The molecule has 0 aliphatic heterocycles. The fourth-order valence-corrected chi connectivity index (χ4v) is 3.06. The van der Waals surface area contributed by atoms with Crippen LogP contribution in [0.5, 0.6) is 0 Å². The van der Waals surface area contributed by atoms with Crippen LogP contribution in [-0.2, 0) is 6.18 Å². The second kappa shape index (κ2) is 7.58. The fraction of sp³-hybridized carbons (Fsp3) is 0.286. The molecule has 7 heteroatoms. The number of nitrogens with zero attached hydrogens (tertiary/aromatic N) is 2. The number of pyridine rings is 1. The van der Waals surface area contributed by atoms with Crippen molar-refractivity contribution in [3.63, 3.8) is 0 Å². The minimum atomic E-state index is -4.55. The normalized spacial score (nSPS) is 14.8. The predicted octanol–water partition coefficient (Wildman–Crippen LogP) is 4.94. The molecule has 1 aliphatic rings. The lowest BCUT2D eigenvalue weighted by Gasteiger charge is -2.15. The van der Waals surface area contributed by atoms with Crippen molar-refractivity contribution >= 4 is 23.5 Å². The number of hydrogen-bond donors (Lipinski definition) is 1. The topological polar surface area (TPSA) is 54.4 Å². The van der Waals surface area contributed by atoms with Gasteiger partial charge in [0.15, 0.2) is 0 Å². The number of nitrogens with one attached hydrogen (secondary N) is 1. The van der Waals surface area contributed by atoms with Gasteiger partial charge < -0.3 is 5.32 Å². The number of aryl methyl sites for hydroxylation is 1. The van der Waals surface area contributed by atoms with Gasteiger partial charge in [-0.2, -0.15) is 13.2 Å². The van der Waals surface area contributed by atoms with Crippen molar-refractivity contribution in [3.8, 4) is 0 Å². The van der Waals surface area contributed by atoms with Crippen LogP contribution >= 0.6 is 0 Å². The summed E-state index contributed by atoms with van der Waals surface area (Å²) in [6.45, 7) is 8.69. The van der Waals surface area contributed by atoms with Crippen LogP contribution < -0.4 is 5.32 Å². The molecule has 1 saturated carbocycles. The molecule has 0 spiro atoms. The lowest BCUT2D eigenvalue weighted by molar-refractivity contribution is -0.136. The molecule has 0 bridgehead atoms. The lowest BCUT2D eigenvalue weighted by Crippen LogP contribution is -2.26. The van der Waals surface area contributed by atoms with Crippen molar-refractivity contribution in [1.29, 1.82) is 0 Å². The molecule has 4 nitrogen and oxygen atoms in total. The second-order valence-corrected chi connectivity index (χ2v) is 6.80. The Morgan fingerprint density at radius 1 is 1.36 bits per heavy atom. The summed E-state index contributed by atoms with van der Waals surface area (Å²) in [4.78, 5) is 20.2. The van der Waals surface area contributed by atoms with E-state index in [0.717, 1.165) is 12.8 Å². The quantitative estimate of drug-likeness (QED) is 0.564. The van der Waals surface area contributed by atoms with E-state index in [1.807, 2.05) is 0 Å². The van der Waals surface area contributed by atoms with Gasteiger partial charge in [-0.3, -0.25) is 9.79 Å². The Morgan fingerprint density at radius 2 is 2.07 bits per heavy atom. The molecule has 146 valence electrons. The number of carbonyl (C=O) groups excluding carboxylic acids is 1. The van der Waals surface area contributed by atoms with E-state index in [1.54, 1.807) is 19.1 Å². The van der Waals surface area contributed by atoms with E-state index in [1.165, 1.54) is 18.2 Å². The monoisotopic (exact) mass is 387 g/mol. The van der Waals surface area contributed by atoms with Crippen LogP contribution in [0.25, 0.3) is 10.9 Å². The van der Waals surface area contributed by atoms with Gasteiger partial charge in [-0.1, -0.05) is 12.7 Å². The van der Waals surface area contributed by atoms with Crippen LogP contribution in [0.3, 0.4) is 0 Å². The molecule has 0 unspecified atom stereocenters. The largest absolute Gasteiger partial charge is 0.418 e. The van der Waals surface area contributed by atoms with Crippen molar-refractivity contribution in [2.24, 2.45) is 4.99 Å². The summed E-state index contributed by atoms with van der Waals surface area (Å²) < 4.78 is 41.0. The molecule has 1 N–H and O–H groups in total. The van der Waals surface area contributed by atoms with Crippen LogP contribution in [0.15, 0.2) is 47.6 Å². The molecule has 1 aromatic heterocycles. The first kappa shape index (κ1) is 19.8. The Kier molecular flexibility index (Phi) is 5.36. The Balaban J connectivity index is 2.02. The maximum Gasteiger partial charge on any atom is 0.418 e. The summed E-state index contributed by atoms with van der Waals surface area (Å²) in [5, 5.41) is 3.02. The maximum atomic E-state index is 13.7. The Bertz CT molecular complexity index is 989. The summed E-state index contributed by atoms with van der Waals surface area (Å²) >= 11 is 0. The molecule has 1 amide bonds. The number of halogens is 3. The smallest absolute Gasteiger partial charge is 0.345 e. The predicted molar refractivity (Wildman–Crippen MR) is 104 cm³/mol. The molecule has 0 atom stereocenters. The number of allylic oxidation sites excluding steroid dienone is 2. The van der Waals surface area contributed by atoms with Gasteiger partial charge in [-0.15, -0.1) is 0 Å². The van der Waals surface area contributed by atoms with Crippen molar-refractivity contribution in [3.05, 3.63) is 65.0 Å². The highest BCUT2D eigenvalue weighted by Crippen LogP contribution is 2.44. The molecule has 1 heterocycles. The van der Waals surface area contributed by atoms with Crippen LogP contribution in [0.1, 0.15) is 45.9 Å². The number of alkyl halides is 3. The van der Waals surface area contributed by atoms with Gasteiger partial charge in [-0.05, 0) is 67.8 Å². The van der Waals surface area contributed by atoms with Gasteiger partial charge in [0, 0.05) is 5.39 Å². The summed E-state index contributed by atoms with van der Waals surface area (Å²) in [5.74, 6) is -0.405. The molecular weight excluding hydrogens is 367 g/mol. The maximum absolute atomic E-state index is 13.7. The number of amides is 1. The molecule has 1 aromatic carbocycles. The van der Waals surface area contributed by atoms with E-state index < -0.39 is 17.6 Å². The summed E-state index contributed by atoms with van der Waals surface area (Å²) in [7, 11) is 0. The van der Waals surface area contributed by atoms with Gasteiger partial charge in [0.2, 0.25) is 0 Å². The molecule has 0 radical (unpaired) electrons. The number of fused-ring (bicyclic) bond motifs is 1. The van der Waals surface area contributed by atoms with Gasteiger partial charge >= 0.3 is 6.18 Å². The van der Waals surface area contributed by atoms with E-state index in [9.17, 15) is 18.0 Å². The van der Waals surface area contributed by atoms with Crippen molar-refractivity contribution in [1.82, 2.24) is 10.3 Å². The number of rotatable bonds is 6. The summed E-state index contributed by atoms with van der Waals surface area (Å²) in [5.41, 5.74) is 0.656. The number of benzene rings is 1. The van der Waals surface area contributed by atoms with Crippen molar-refractivity contribution in [2.75, 3.05) is 6.54 Å². The highest BCUT2D eigenvalue weighted by molar-refractivity contribution is 5.97. The first-order chi connectivity index (χ1) is 13.2. The summed E-state index contributed by atoms with van der Waals surface area (Å²) in [6.07, 6.45) is 0.320. The SMILES string of the molecule is C=C/C=C(/CNC(=O)c1cc(C)c2cc(C3CC3)cc(C(F)(F)F)c2n1)N=C. The molecule has 28 heavy (non-hydrogen) atoms. The average Bonchev–Trinajstić information content (AvgIpc) is 3.48. The Labute approximate surface area is 160 Å². The second-order valence-electron chi connectivity index (χ2n) is 6.80. The fourth-order valence-electron chi connectivity index (χ4n) is 3.06. The first-order valence-electron chi connectivity index (χ1n) is 8.83. The third-order valence-electron chi connectivity index (χ3n) is 4.67. The van der Waals surface area contributed by atoms with Crippen LogP contribution in [0, 0.1) is 6.92 Å². The van der Waals surface area contributed by atoms with E-state index >= 15 is 0 Å². The Morgan fingerprint density at radius 3 is 2.64 bits per heavy atom. The zero-order chi connectivity index (χ0) is 20.5. The van der Waals surface area contributed by atoms with Crippen LogP contribution in [0.4, 0.5) is 13.2 Å². The molecule has 1 fully saturated rings. The zero-order valence-corrected chi connectivity index (χ0v) is 15.4. The Hall–Kier alpha value is -2.96. The highest BCUT2D eigenvalue weighted by Gasteiger charge is 2.36. The van der Waals surface area contributed by atoms with E-state index in [2.05, 4.69) is 28.6 Å². The number of hydrogen-bond acceptors (Lipinski definition) is 3. The van der Waals surface area contributed by atoms with Gasteiger partial charge in [0.1, 0.15) is 5.69 Å². The molecular formula is C21H20F3N3O. The molecule has 1 aliphatic carbocycles. The van der Waals surface area contributed by atoms with Gasteiger partial charge in [0.05, 0.1) is 23.3 Å². The standard InChI is InChI=1S/C21H20F3N3O/c1-4-5-15(25-3)11-26-20(28)18-8-12(2)16-9-14(13-6-7-13)10-17(19(16)27-18)21(22,23)24/h4-5,8-10,13H,1,3,6-7,11H2,2H3,(H,26,28)/b15-5-. The zero-order valence-electron chi connectivity index (χ0n) is 15.4. The average molecular weight is 387 g/mol. The number of aromatic nitrogens is 1. The molecule has 0 saturated heterocycles. The third kappa shape index (κ3) is 4.13. The molecule has 3 rings (SSSR count). The number of aliphatic imine (C=N–C) groups is 1. The van der Waals surface area contributed by atoms with E-state index in [-0.39, 0.29) is 23.7 Å². The summed E-state index contributed by atoms with van der Waals surface area (Å²) in [6, 6.07) is 4.44. The molecule has 2 aromatic rings. The number of carbonyl (C=O) groups is 1. The minimum absolute atomic E-state index is 0.0693. The van der Waals surface area contributed by atoms with Crippen LogP contribution in [-0.4, -0.2) is 24.2 Å². The van der Waals surface area contributed by atoms with E-state index in [4.69, 9.17) is 0 Å². The lowest BCUT2D eigenvalue weighted by atomic mass is 9.98. The third-order valence-corrected chi connectivity index (χ3v) is 4.67. The van der Waals surface area contributed by atoms with Crippen molar-refractivity contribution < 1.29 is 18.0 Å². The van der Waals surface area contributed by atoms with Crippen LogP contribution in [0.2, 0.25) is 0 Å². The van der Waals surface area contributed by atoms with Crippen molar-refractivity contribution in [2.45, 2.75) is 31.9 Å². The minimum Gasteiger partial charge on any atom is -0.345 e. The first-order valence-corrected chi connectivity index (χ1v) is 8.83. The highest BCUT2D eigenvalue weighted by atomic mass is 19.4. The van der Waals surface area contributed by atoms with Gasteiger partial charge in [-0.25, -0.2) is 4.98 Å². The van der Waals surface area contributed by atoms with E-state index in [0.29, 0.717) is 22.2 Å².